The van der Waals surface area contributed by atoms with Gasteiger partial charge in [0.25, 0.3) is 5.91 Å². The van der Waals surface area contributed by atoms with Gasteiger partial charge >= 0.3 is 0 Å². The van der Waals surface area contributed by atoms with E-state index in [1.54, 1.807) is 0 Å². The number of nitrogens with one attached hydrogen (secondary N) is 1. The number of carbonyl (C=O) groups is 1. The molecule has 0 aromatic carbocycles. The molecule has 0 saturated heterocycles. The first-order valence-corrected chi connectivity index (χ1v) is 7.08. The predicted molar refractivity (Wildman–Crippen MR) is 74.7 cm³/mol. The first-order chi connectivity index (χ1) is 8.72. The van der Waals surface area contributed by atoms with Crippen molar-refractivity contribution >= 4 is 17.2 Å². The van der Waals surface area contributed by atoms with E-state index in [1.807, 2.05) is 11.4 Å². The van der Waals surface area contributed by atoms with E-state index in [1.165, 1.54) is 11.3 Å². The summed E-state index contributed by atoms with van der Waals surface area (Å²) in [4.78, 5) is 12.7. The second kappa shape index (κ2) is 7.91. The maximum absolute atomic E-state index is 12.1. The van der Waals surface area contributed by atoms with Gasteiger partial charge in [-0.1, -0.05) is 25.7 Å². The highest BCUT2D eigenvalue weighted by Crippen LogP contribution is 2.16. The van der Waals surface area contributed by atoms with Gasteiger partial charge in [-0.25, -0.2) is 0 Å². The molecule has 0 aliphatic heterocycles. The lowest BCUT2D eigenvalue weighted by molar-refractivity contribution is 0.0939. The van der Waals surface area contributed by atoms with Crippen LogP contribution in [0.3, 0.4) is 0 Å². The summed E-state index contributed by atoms with van der Waals surface area (Å²) in [5.74, 6) is 5.72. The summed E-state index contributed by atoms with van der Waals surface area (Å²) >= 11 is 1.40. The first-order valence-electron chi connectivity index (χ1n) is 6.21. The van der Waals surface area contributed by atoms with Crippen molar-refractivity contribution in [2.45, 2.75) is 39.2 Å². The monoisotopic (exact) mass is 265 g/mol. The van der Waals surface area contributed by atoms with Crippen molar-refractivity contribution in [2.75, 3.05) is 6.61 Å². The number of carbonyl (C=O) groups excluding carboxylic acids is 1. The third kappa shape index (κ3) is 4.17. The minimum atomic E-state index is -0.0491. The highest BCUT2D eigenvalue weighted by Gasteiger charge is 2.14. The number of aliphatic hydroxyl groups is 1. The number of thiophene rings is 1. The minimum absolute atomic E-state index is 0.0480. The van der Waals surface area contributed by atoms with Crippen LogP contribution in [0.4, 0.5) is 0 Å². The molecule has 0 aliphatic carbocycles. The van der Waals surface area contributed by atoms with Gasteiger partial charge < -0.3 is 10.4 Å². The summed E-state index contributed by atoms with van der Waals surface area (Å²) < 4.78 is 0. The van der Waals surface area contributed by atoms with Gasteiger partial charge in [0.1, 0.15) is 4.88 Å². The standard InChI is InChI=1S/C14H19NO2S/c1-3-12(4-2)15-14(17)13-11(8-10-18-13)7-5-6-9-16/h8,10,12,16H,3-4,6,9H2,1-2H3,(H,15,17). The van der Waals surface area contributed by atoms with E-state index in [4.69, 9.17) is 5.11 Å². The van der Waals surface area contributed by atoms with Crippen LogP contribution in [0.5, 0.6) is 0 Å². The fourth-order valence-electron chi connectivity index (χ4n) is 1.54. The van der Waals surface area contributed by atoms with E-state index >= 15 is 0 Å². The van der Waals surface area contributed by atoms with Crippen LogP contribution in [0.15, 0.2) is 11.4 Å². The van der Waals surface area contributed by atoms with Gasteiger partial charge in [0.05, 0.1) is 6.61 Å². The molecule has 0 spiro atoms. The molecule has 4 heteroatoms. The van der Waals surface area contributed by atoms with E-state index in [-0.39, 0.29) is 18.6 Å². The Balaban J connectivity index is 2.75. The lowest BCUT2D eigenvalue weighted by atomic mass is 10.1. The molecule has 0 saturated carbocycles. The molecule has 98 valence electrons. The molecule has 0 radical (unpaired) electrons. The molecule has 1 rings (SSSR count). The molecule has 1 amide bonds. The van der Waals surface area contributed by atoms with E-state index in [9.17, 15) is 4.79 Å². The van der Waals surface area contributed by atoms with Gasteiger partial charge in [0.2, 0.25) is 0 Å². The second-order valence-corrected chi connectivity index (χ2v) is 4.84. The minimum Gasteiger partial charge on any atom is -0.395 e. The van der Waals surface area contributed by atoms with Gasteiger partial charge in [-0.3, -0.25) is 4.79 Å². The average molecular weight is 265 g/mol. The zero-order valence-electron chi connectivity index (χ0n) is 10.8. The van der Waals surface area contributed by atoms with Crippen molar-refractivity contribution in [1.82, 2.24) is 5.32 Å². The Morgan fingerprint density at radius 3 is 2.83 bits per heavy atom. The predicted octanol–water partition coefficient (Wildman–Crippen LogP) is 2.40. The van der Waals surface area contributed by atoms with Crippen LogP contribution >= 0.6 is 11.3 Å². The Morgan fingerprint density at radius 1 is 1.50 bits per heavy atom. The van der Waals surface area contributed by atoms with E-state index in [2.05, 4.69) is 31.0 Å². The molecule has 0 atom stereocenters. The van der Waals surface area contributed by atoms with Crippen LogP contribution in [0, 0.1) is 11.8 Å². The smallest absolute Gasteiger partial charge is 0.262 e. The molecule has 1 heterocycles. The highest BCUT2D eigenvalue weighted by molar-refractivity contribution is 7.12. The van der Waals surface area contributed by atoms with Crippen molar-refractivity contribution in [3.63, 3.8) is 0 Å². The summed E-state index contributed by atoms with van der Waals surface area (Å²) in [6.45, 7) is 4.17. The summed E-state index contributed by atoms with van der Waals surface area (Å²) in [5.41, 5.74) is 0.747. The molecule has 0 unspecified atom stereocenters. The number of amides is 1. The maximum Gasteiger partial charge on any atom is 0.262 e. The van der Waals surface area contributed by atoms with Crippen molar-refractivity contribution in [3.8, 4) is 11.8 Å². The molecule has 2 N–H and O–H groups in total. The third-order valence-corrected chi connectivity index (χ3v) is 3.57. The molecule has 0 fully saturated rings. The van der Waals surface area contributed by atoms with Gasteiger partial charge in [-0.05, 0) is 24.3 Å². The van der Waals surface area contributed by atoms with Gasteiger partial charge in [0, 0.05) is 18.0 Å². The van der Waals surface area contributed by atoms with E-state index in [0.717, 1.165) is 18.4 Å². The second-order valence-electron chi connectivity index (χ2n) is 3.93. The lowest BCUT2D eigenvalue weighted by Crippen LogP contribution is -2.33. The zero-order valence-corrected chi connectivity index (χ0v) is 11.6. The van der Waals surface area contributed by atoms with Crippen LogP contribution in [-0.4, -0.2) is 23.7 Å². The number of hydrogen-bond acceptors (Lipinski definition) is 3. The first kappa shape index (κ1) is 14.7. The Bertz CT molecular complexity index is 438. The fourth-order valence-corrected chi connectivity index (χ4v) is 2.29. The topological polar surface area (TPSA) is 49.3 Å². The molecule has 0 bridgehead atoms. The molecular weight excluding hydrogens is 246 g/mol. The Hall–Kier alpha value is -1.31. The lowest BCUT2D eigenvalue weighted by Gasteiger charge is -2.13. The van der Waals surface area contributed by atoms with Crippen LogP contribution in [-0.2, 0) is 0 Å². The molecule has 18 heavy (non-hydrogen) atoms. The van der Waals surface area contributed by atoms with Crippen molar-refractivity contribution in [3.05, 3.63) is 21.9 Å². The average Bonchev–Trinajstić information content (AvgIpc) is 2.84. The number of rotatable bonds is 5. The highest BCUT2D eigenvalue weighted by atomic mass is 32.1. The van der Waals surface area contributed by atoms with E-state index in [0.29, 0.717) is 11.3 Å². The SMILES string of the molecule is CCC(CC)NC(=O)c1sccc1C#CCCO. The van der Waals surface area contributed by atoms with Crippen LogP contribution < -0.4 is 5.32 Å². The fraction of sp³-hybridized carbons (Fsp3) is 0.500. The number of hydrogen-bond donors (Lipinski definition) is 2. The zero-order chi connectivity index (χ0) is 13.4. The molecule has 1 aromatic rings. The summed E-state index contributed by atoms with van der Waals surface area (Å²) in [6.07, 6.45) is 2.29. The van der Waals surface area contributed by atoms with Crippen LogP contribution in [0.1, 0.15) is 48.3 Å². The summed E-state index contributed by atoms with van der Waals surface area (Å²) in [5, 5.41) is 13.5. The van der Waals surface area contributed by atoms with Gasteiger partial charge in [0.15, 0.2) is 0 Å². The molecular formula is C14H19NO2S. The summed E-state index contributed by atoms with van der Waals surface area (Å²) in [6, 6.07) is 2.06. The Kier molecular flexibility index (Phi) is 6.48. The number of aliphatic hydroxyl groups excluding tert-OH is 1. The molecule has 3 nitrogen and oxygen atoms in total. The van der Waals surface area contributed by atoms with Crippen molar-refractivity contribution in [1.29, 1.82) is 0 Å². The largest absolute Gasteiger partial charge is 0.395 e. The quantitative estimate of drug-likeness (QED) is 0.803. The summed E-state index contributed by atoms with van der Waals surface area (Å²) in [7, 11) is 0. The van der Waals surface area contributed by atoms with Crippen LogP contribution in [0.25, 0.3) is 0 Å². The van der Waals surface area contributed by atoms with E-state index < -0.39 is 0 Å². The Labute approximate surface area is 112 Å². The van der Waals surface area contributed by atoms with Crippen LogP contribution in [0.2, 0.25) is 0 Å². The molecule has 1 aromatic heterocycles. The maximum atomic E-state index is 12.1. The third-order valence-electron chi connectivity index (χ3n) is 2.65. The van der Waals surface area contributed by atoms with Crippen molar-refractivity contribution < 1.29 is 9.90 Å². The Morgan fingerprint density at radius 2 is 2.22 bits per heavy atom. The molecule has 0 aliphatic rings. The van der Waals surface area contributed by atoms with Crippen molar-refractivity contribution in [2.24, 2.45) is 0 Å². The normalized spacial score (nSPS) is 10.0. The van der Waals surface area contributed by atoms with Gasteiger partial charge in [-0.15, -0.1) is 11.3 Å². The van der Waals surface area contributed by atoms with Gasteiger partial charge in [-0.2, -0.15) is 0 Å².